The van der Waals surface area contributed by atoms with Crippen LogP contribution in [0.4, 0.5) is 0 Å². The Hall–Kier alpha value is -3.82. The summed E-state index contributed by atoms with van der Waals surface area (Å²) in [4.78, 5) is 40.6. The fourth-order valence-corrected chi connectivity index (χ4v) is 11.2. The molecule has 0 unspecified atom stereocenters. The Bertz CT molecular complexity index is 1740. The number of rotatable bonds is 27. The number of carbonyl (C=O) groups excluding carboxylic acids is 3. The highest BCUT2D eigenvalue weighted by molar-refractivity contribution is 7.48. The van der Waals surface area contributed by atoms with E-state index in [1.807, 2.05) is 72.8 Å². The van der Waals surface area contributed by atoms with Gasteiger partial charge in [0.25, 0.3) is 0 Å². The zero-order chi connectivity index (χ0) is 43.7. The SMILES string of the molecule is CCCCCCCC(=O)N[C@@H]1c2ccccc2C[C@H]1OP(=O)(O[C@@H]1Cc2ccccc2[C@H]1NC(=O)CCCCCCC)O[C@@H]1Cc2ccccc2[C@H]1NC(=O)CCCCCCC. The second-order valence-electron chi connectivity index (χ2n) is 17.7. The van der Waals surface area contributed by atoms with Crippen LogP contribution in [0, 0.1) is 0 Å². The molecule has 0 aromatic heterocycles. The number of phosphoric ester groups is 1. The van der Waals surface area contributed by atoms with Gasteiger partial charge in [-0.25, -0.2) is 4.57 Å². The molecule has 0 saturated heterocycles. The van der Waals surface area contributed by atoms with Crippen molar-refractivity contribution in [2.75, 3.05) is 0 Å². The largest absolute Gasteiger partial charge is 0.475 e. The van der Waals surface area contributed by atoms with Crippen molar-refractivity contribution in [3.8, 4) is 0 Å². The van der Waals surface area contributed by atoms with Crippen LogP contribution in [0.2, 0.25) is 0 Å². The van der Waals surface area contributed by atoms with Crippen molar-refractivity contribution >= 4 is 25.5 Å². The molecule has 0 heterocycles. The van der Waals surface area contributed by atoms with Crippen molar-refractivity contribution in [2.45, 2.75) is 192 Å². The molecule has 3 amide bonds. The number of benzene rings is 3. The van der Waals surface area contributed by atoms with Gasteiger partial charge in [-0.15, -0.1) is 0 Å². The van der Waals surface area contributed by atoms with E-state index in [-0.39, 0.29) is 17.7 Å². The molecular weight excluding hydrogens is 798 g/mol. The number of hydrogen-bond acceptors (Lipinski definition) is 7. The van der Waals surface area contributed by atoms with Gasteiger partial charge < -0.3 is 16.0 Å². The molecule has 62 heavy (non-hydrogen) atoms. The molecule has 6 rings (SSSR count). The third-order valence-corrected chi connectivity index (χ3v) is 14.4. The van der Waals surface area contributed by atoms with Crippen molar-refractivity contribution < 1.29 is 32.5 Å². The molecule has 6 atom stereocenters. The van der Waals surface area contributed by atoms with Crippen molar-refractivity contribution in [3.63, 3.8) is 0 Å². The summed E-state index contributed by atoms with van der Waals surface area (Å²) >= 11 is 0. The average Bonchev–Trinajstić information content (AvgIpc) is 3.90. The fourth-order valence-electron chi connectivity index (χ4n) is 9.46. The molecule has 0 saturated carbocycles. The first-order valence-electron chi connectivity index (χ1n) is 24.0. The molecular formula is C51H72N3O7P. The normalized spacial score (nSPS) is 21.3. The molecule has 11 heteroatoms. The molecule has 3 N–H and O–H groups in total. The number of nitrogens with one attached hydrogen (secondary N) is 3. The van der Waals surface area contributed by atoms with E-state index in [2.05, 4.69) is 36.7 Å². The van der Waals surface area contributed by atoms with Gasteiger partial charge >= 0.3 is 7.82 Å². The maximum absolute atomic E-state index is 15.8. The summed E-state index contributed by atoms with van der Waals surface area (Å²) in [7, 11) is -4.55. The smallest absolute Gasteiger partial charge is 0.347 e. The summed E-state index contributed by atoms with van der Waals surface area (Å²) < 4.78 is 36.1. The van der Waals surface area contributed by atoms with E-state index in [0.29, 0.717) is 38.5 Å². The van der Waals surface area contributed by atoms with E-state index in [4.69, 9.17) is 13.6 Å². The van der Waals surface area contributed by atoms with Gasteiger partial charge in [0.15, 0.2) is 0 Å². The lowest BCUT2D eigenvalue weighted by atomic mass is 10.1. The molecule has 0 radical (unpaired) electrons. The lowest BCUT2D eigenvalue weighted by Gasteiger charge is -2.32. The molecule has 0 aliphatic heterocycles. The van der Waals surface area contributed by atoms with Gasteiger partial charge in [-0.05, 0) is 52.6 Å². The Labute approximate surface area is 371 Å². The summed E-state index contributed by atoms with van der Waals surface area (Å²) in [6.45, 7) is 6.52. The van der Waals surface area contributed by atoms with Gasteiger partial charge in [0, 0.05) is 38.5 Å². The van der Waals surface area contributed by atoms with Crippen LogP contribution in [0.15, 0.2) is 72.8 Å². The van der Waals surface area contributed by atoms with Crippen molar-refractivity contribution in [1.82, 2.24) is 16.0 Å². The minimum atomic E-state index is -4.55. The van der Waals surface area contributed by atoms with Crippen LogP contribution in [0.25, 0.3) is 0 Å². The number of carbonyl (C=O) groups is 3. The van der Waals surface area contributed by atoms with Gasteiger partial charge in [0.05, 0.1) is 36.4 Å². The Kier molecular flexibility index (Phi) is 18.7. The number of hydrogen-bond donors (Lipinski definition) is 3. The lowest BCUT2D eigenvalue weighted by molar-refractivity contribution is -0.123. The molecule has 0 fully saturated rings. The Morgan fingerprint density at radius 1 is 0.452 bits per heavy atom. The van der Waals surface area contributed by atoms with Gasteiger partial charge in [-0.3, -0.25) is 28.0 Å². The predicted molar refractivity (Wildman–Crippen MR) is 245 cm³/mol. The van der Waals surface area contributed by atoms with E-state index < -0.39 is 44.3 Å². The lowest BCUT2D eigenvalue weighted by Crippen LogP contribution is -2.38. The zero-order valence-corrected chi connectivity index (χ0v) is 38.4. The molecule has 3 aromatic rings. The van der Waals surface area contributed by atoms with Crippen LogP contribution < -0.4 is 16.0 Å². The van der Waals surface area contributed by atoms with Gasteiger partial charge in [-0.1, -0.05) is 171 Å². The van der Waals surface area contributed by atoms with Crippen LogP contribution in [0.1, 0.15) is 188 Å². The van der Waals surface area contributed by atoms with E-state index in [1.54, 1.807) is 0 Å². The summed E-state index contributed by atoms with van der Waals surface area (Å²) in [5.74, 6) is -0.248. The third kappa shape index (κ3) is 13.4. The highest BCUT2D eigenvalue weighted by atomic mass is 31.2. The first kappa shape index (κ1) is 47.7. The minimum Gasteiger partial charge on any atom is -0.347 e. The number of phosphoric acid groups is 1. The highest BCUT2D eigenvalue weighted by Crippen LogP contribution is 2.59. The predicted octanol–water partition coefficient (Wildman–Crippen LogP) is 11.6. The first-order valence-corrected chi connectivity index (χ1v) is 25.4. The highest BCUT2D eigenvalue weighted by Gasteiger charge is 2.48. The molecule has 3 aliphatic carbocycles. The van der Waals surface area contributed by atoms with Crippen LogP contribution in [-0.2, 0) is 51.8 Å². The molecule has 3 aromatic carbocycles. The summed E-state index contributed by atoms with van der Waals surface area (Å²) in [6, 6.07) is 22.0. The summed E-state index contributed by atoms with van der Waals surface area (Å²) in [5, 5.41) is 9.71. The quantitative estimate of drug-likeness (QED) is 0.0513. The maximum atomic E-state index is 15.8. The minimum absolute atomic E-state index is 0.0825. The average molecular weight is 870 g/mol. The Morgan fingerprint density at radius 3 is 1.02 bits per heavy atom. The van der Waals surface area contributed by atoms with Crippen LogP contribution in [0.5, 0.6) is 0 Å². The first-order chi connectivity index (χ1) is 30.2. The van der Waals surface area contributed by atoms with Crippen LogP contribution >= 0.6 is 7.82 Å². The number of fused-ring (bicyclic) bond motifs is 3. The molecule has 0 spiro atoms. The topological polar surface area (TPSA) is 132 Å². The molecule has 338 valence electrons. The monoisotopic (exact) mass is 870 g/mol. The Morgan fingerprint density at radius 2 is 0.726 bits per heavy atom. The third-order valence-electron chi connectivity index (χ3n) is 12.8. The van der Waals surface area contributed by atoms with E-state index in [0.717, 1.165) is 130 Å². The fraction of sp³-hybridized carbons (Fsp3) is 0.588. The van der Waals surface area contributed by atoms with Crippen LogP contribution in [0.3, 0.4) is 0 Å². The molecule has 0 bridgehead atoms. The van der Waals surface area contributed by atoms with Crippen molar-refractivity contribution in [1.29, 1.82) is 0 Å². The molecule has 3 aliphatic rings. The van der Waals surface area contributed by atoms with Gasteiger partial charge in [0.2, 0.25) is 17.7 Å². The van der Waals surface area contributed by atoms with Gasteiger partial charge in [0.1, 0.15) is 0 Å². The second-order valence-corrected chi connectivity index (χ2v) is 19.2. The summed E-state index contributed by atoms with van der Waals surface area (Å²) in [5.41, 5.74) is 5.72. The second kappa shape index (κ2) is 24.3. The van der Waals surface area contributed by atoms with Crippen molar-refractivity contribution in [2.24, 2.45) is 0 Å². The molecule has 10 nitrogen and oxygen atoms in total. The van der Waals surface area contributed by atoms with Crippen LogP contribution in [-0.4, -0.2) is 36.0 Å². The van der Waals surface area contributed by atoms with E-state index in [9.17, 15) is 14.4 Å². The number of unbranched alkanes of at least 4 members (excludes halogenated alkanes) is 12. The van der Waals surface area contributed by atoms with Crippen molar-refractivity contribution in [3.05, 3.63) is 106 Å². The summed E-state index contributed by atoms with van der Waals surface area (Å²) in [6.07, 6.45) is 15.5. The maximum Gasteiger partial charge on any atom is 0.475 e. The van der Waals surface area contributed by atoms with E-state index in [1.165, 1.54) is 0 Å². The number of amides is 3. The van der Waals surface area contributed by atoms with E-state index >= 15 is 4.57 Å². The standard InChI is InChI=1S/C51H72N3O7P/c1-4-7-10-13-16-31-46(55)52-49-40-28-22-19-25-37(40)34-43(49)59-62(58,60-44-35-38-26-20-23-29-41(38)50(44)53-47(56)32-17-14-11-8-5-2)61-45-36-39-27-21-24-30-42(39)51(45)54-48(57)33-18-15-12-9-6-3/h19-30,43-45,49-51H,4-18,31-36H2,1-3H3,(H,52,55)(H,53,56)(H,54,57)/t43-,44-,45-,49-,50-,51-/m1/s1. The van der Waals surface area contributed by atoms with Gasteiger partial charge in [-0.2, -0.15) is 0 Å². The Balaban J connectivity index is 1.27. The zero-order valence-electron chi connectivity index (χ0n) is 37.5.